The lowest BCUT2D eigenvalue weighted by atomic mass is 10.1. The second-order valence-electron chi connectivity index (χ2n) is 4.43. The molecule has 1 aliphatic rings. The number of hydrogen-bond acceptors (Lipinski definition) is 5. The highest BCUT2D eigenvalue weighted by Gasteiger charge is 2.30. The number of aliphatic hydroxyl groups is 1. The summed E-state index contributed by atoms with van der Waals surface area (Å²) in [6, 6.07) is 0. The summed E-state index contributed by atoms with van der Waals surface area (Å²) < 4.78 is 6.31. The highest BCUT2D eigenvalue weighted by atomic mass is 16.5. The molecule has 7 heteroatoms. The summed E-state index contributed by atoms with van der Waals surface area (Å²) in [5.41, 5.74) is 1.12. The molecule has 0 saturated heterocycles. The maximum atomic E-state index is 11.9. The zero-order chi connectivity index (χ0) is 14.0. The number of fused-ring (bicyclic) bond motifs is 1. The summed E-state index contributed by atoms with van der Waals surface area (Å²) in [5.74, 6) is -0.803. The number of nitrogens with one attached hydrogen (secondary N) is 1. The van der Waals surface area contributed by atoms with Gasteiger partial charge in [-0.25, -0.2) is 4.79 Å². The highest BCUT2D eigenvalue weighted by molar-refractivity contribution is 5.99. The summed E-state index contributed by atoms with van der Waals surface area (Å²) in [7, 11) is 0. The van der Waals surface area contributed by atoms with Crippen LogP contribution in [0.2, 0.25) is 0 Å². The Bertz CT molecular complexity index is 507. The van der Waals surface area contributed by atoms with Crippen LogP contribution in [0.3, 0.4) is 0 Å². The minimum atomic E-state index is -0.659. The fourth-order valence-electron chi connectivity index (χ4n) is 2.12. The van der Waals surface area contributed by atoms with E-state index in [0.717, 1.165) is 0 Å². The first-order valence-electron chi connectivity index (χ1n) is 6.27. The molecule has 0 bridgehead atoms. The van der Waals surface area contributed by atoms with Gasteiger partial charge in [-0.15, -0.1) is 0 Å². The van der Waals surface area contributed by atoms with Crippen LogP contribution in [-0.4, -0.2) is 46.0 Å². The third-order valence-electron chi connectivity index (χ3n) is 2.83. The predicted molar refractivity (Wildman–Crippen MR) is 65.9 cm³/mol. The largest absolute Gasteiger partial charge is 0.461 e. The Hall–Kier alpha value is -1.89. The maximum absolute atomic E-state index is 11.9. The number of esters is 1. The van der Waals surface area contributed by atoms with Crippen molar-refractivity contribution in [2.75, 3.05) is 13.2 Å². The Morgan fingerprint density at radius 1 is 1.63 bits per heavy atom. The molecular weight excluding hydrogens is 250 g/mol. The summed E-state index contributed by atoms with van der Waals surface area (Å²) in [6.07, 6.45) is -0.122. The van der Waals surface area contributed by atoms with Crippen LogP contribution in [0.15, 0.2) is 0 Å². The van der Waals surface area contributed by atoms with Crippen LogP contribution in [0.25, 0.3) is 0 Å². The van der Waals surface area contributed by atoms with Gasteiger partial charge in [-0.05, 0) is 20.3 Å². The monoisotopic (exact) mass is 267 g/mol. The summed E-state index contributed by atoms with van der Waals surface area (Å²) >= 11 is 0. The second-order valence-corrected chi connectivity index (χ2v) is 4.43. The van der Waals surface area contributed by atoms with Gasteiger partial charge in [0.15, 0.2) is 5.69 Å². The van der Waals surface area contributed by atoms with Gasteiger partial charge in [-0.2, -0.15) is 5.10 Å². The SMILES string of the molecule is CCOC(=O)c1nn(CC(C)O)c2c1CCNC2=O. The standard InChI is InChI=1S/C12H17N3O4/c1-3-19-12(18)9-8-4-5-13-11(17)10(8)15(14-9)6-7(2)16/h7,16H,3-6H2,1-2H3,(H,13,17). The minimum absolute atomic E-state index is 0.162. The molecule has 0 spiro atoms. The number of aromatic nitrogens is 2. The van der Waals surface area contributed by atoms with Crippen LogP contribution in [0.4, 0.5) is 0 Å². The Labute approximate surface area is 110 Å². The number of nitrogens with zero attached hydrogens (tertiary/aromatic N) is 2. The van der Waals surface area contributed by atoms with Crippen molar-refractivity contribution in [1.82, 2.24) is 15.1 Å². The molecule has 2 N–H and O–H groups in total. The van der Waals surface area contributed by atoms with Gasteiger partial charge in [-0.3, -0.25) is 9.48 Å². The highest BCUT2D eigenvalue weighted by Crippen LogP contribution is 2.19. The van der Waals surface area contributed by atoms with Gasteiger partial charge in [0.25, 0.3) is 5.91 Å². The van der Waals surface area contributed by atoms with E-state index in [0.29, 0.717) is 24.2 Å². The zero-order valence-electron chi connectivity index (χ0n) is 11.0. The van der Waals surface area contributed by atoms with Crippen molar-refractivity contribution in [2.24, 2.45) is 0 Å². The second kappa shape index (κ2) is 5.40. The summed E-state index contributed by atoms with van der Waals surface area (Å²) in [5, 5.41) is 16.3. The number of carbonyl (C=O) groups is 2. The fraction of sp³-hybridized carbons (Fsp3) is 0.583. The van der Waals surface area contributed by atoms with Crippen molar-refractivity contribution in [1.29, 1.82) is 0 Å². The number of amides is 1. The molecule has 1 amide bonds. The quantitative estimate of drug-likeness (QED) is 0.732. The van der Waals surface area contributed by atoms with Gasteiger partial charge in [0.1, 0.15) is 5.69 Å². The molecule has 0 aliphatic carbocycles. The molecule has 1 atom stereocenters. The van der Waals surface area contributed by atoms with Gasteiger partial charge in [0, 0.05) is 12.1 Å². The third kappa shape index (κ3) is 2.60. The van der Waals surface area contributed by atoms with Crippen molar-refractivity contribution in [2.45, 2.75) is 32.9 Å². The van der Waals surface area contributed by atoms with Gasteiger partial charge in [0.05, 0.1) is 19.3 Å². The summed E-state index contributed by atoms with van der Waals surface area (Å²) in [4.78, 5) is 23.7. The van der Waals surface area contributed by atoms with E-state index in [1.54, 1.807) is 13.8 Å². The van der Waals surface area contributed by atoms with Gasteiger partial charge in [0.2, 0.25) is 0 Å². The topological polar surface area (TPSA) is 93.4 Å². The first kappa shape index (κ1) is 13.5. The molecule has 1 aliphatic heterocycles. The van der Waals surface area contributed by atoms with Crippen LogP contribution in [-0.2, 0) is 17.7 Å². The van der Waals surface area contributed by atoms with Crippen LogP contribution < -0.4 is 5.32 Å². The van der Waals surface area contributed by atoms with Gasteiger partial charge < -0.3 is 15.2 Å². The van der Waals surface area contributed by atoms with E-state index in [1.807, 2.05) is 0 Å². The normalized spacial score (nSPS) is 15.6. The summed E-state index contributed by atoms with van der Waals surface area (Å²) in [6.45, 7) is 4.19. The first-order valence-corrected chi connectivity index (χ1v) is 6.27. The van der Waals surface area contributed by atoms with Gasteiger partial charge in [-0.1, -0.05) is 0 Å². The minimum Gasteiger partial charge on any atom is -0.461 e. The average Bonchev–Trinajstić information content (AvgIpc) is 2.69. The van der Waals surface area contributed by atoms with Crippen molar-refractivity contribution in [3.05, 3.63) is 17.0 Å². The molecule has 0 radical (unpaired) electrons. The van der Waals surface area contributed by atoms with E-state index in [2.05, 4.69) is 10.4 Å². The molecule has 104 valence electrons. The molecule has 1 aromatic heterocycles. The van der Waals surface area contributed by atoms with E-state index in [-0.39, 0.29) is 24.8 Å². The van der Waals surface area contributed by atoms with Crippen LogP contribution in [0.1, 0.15) is 40.4 Å². The number of ether oxygens (including phenoxy) is 1. The number of rotatable bonds is 4. The van der Waals surface area contributed by atoms with E-state index >= 15 is 0 Å². The van der Waals surface area contributed by atoms with Crippen LogP contribution in [0, 0.1) is 0 Å². The van der Waals surface area contributed by atoms with Crippen molar-refractivity contribution in [3.8, 4) is 0 Å². The molecule has 19 heavy (non-hydrogen) atoms. The average molecular weight is 267 g/mol. The van der Waals surface area contributed by atoms with E-state index in [4.69, 9.17) is 4.74 Å². The lowest BCUT2D eigenvalue weighted by molar-refractivity contribution is 0.0516. The van der Waals surface area contributed by atoms with Crippen molar-refractivity contribution in [3.63, 3.8) is 0 Å². The van der Waals surface area contributed by atoms with Crippen LogP contribution >= 0.6 is 0 Å². The molecule has 7 nitrogen and oxygen atoms in total. The van der Waals surface area contributed by atoms with Crippen molar-refractivity contribution >= 4 is 11.9 Å². The third-order valence-corrected chi connectivity index (χ3v) is 2.83. The molecular formula is C12H17N3O4. The van der Waals surface area contributed by atoms with E-state index in [9.17, 15) is 14.7 Å². The van der Waals surface area contributed by atoms with Crippen molar-refractivity contribution < 1.29 is 19.4 Å². The molecule has 0 saturated carbocycles. The Balaban J connectivity index is 2.45. The molecule has 0 aromatic carbocycles. The molecule has 2 heterocycles. The van der Waals surface area contributed by atoms with Gasteiger partial charge >= 0.3 is 5.97 Å². The number of hydrogen-bond donors (Lipinski definition) is 2. The smallest absolute Gasteiger partial charge is 0.359 e. The molecule has 1 unspecified atom stereocenters. The number of carbonyl (C=O) groups excluding carboxylic acids is 2. The fourth-order valence-corrected chi connectivity index (χ4v) is 2.12. The predicted octanol–water partition coefficient (Wildman–Crippen LogP) is -0.274. The lowest BCUT2D eigenvalue weighted by Crippen LogP contribution is -2.34. The zero-order valence-corrected chi connectivity index (χ0v) is 11.0. The Kier molecular flexibility index (Phi) is 3.84. The Morgan fingerprint density at radius 3 is 3.00 bits per heavy atom. The van der Waals surface area contributed by atoms with E-state index in [1.165, 1.54) is 4.68 Å². The maximum Gasteiger partial charge on any atom is 0.359 e. The number of aliphatic hydroxyl groups excluding tert-OH is 1. The molecule has 0 fully saturated rings. The molecule has 2 rings (SSSR count). The Morgan fingerprint density at radius 2 is 2.37 bits per heavy atom. The lowest BCUT2D eigenvalue weighted by Gasteiger charge is -2.15. The van der Waals surface area contributed by atoms with E-state index < -0.39 is 12.1 Å². The molecule has 1 aromatic rings. The van der Waals surface area contributed by atoms with Crippen LogP contribution in [0.5, 0.6) is 0 Å². The first-order chi connectivity index (χ1) is 9.04.